The minimum Gasteiger partial charge on any atom is -0.354 e. The van der Waals surface area contributed by atoms with Crippen LogP contribution in [0, 0.1) is 0 Å². The molecule has 0 spiro atoms. The summed E-state index contributed by atoms with van der Waals surface area (Å²) in [6, 6.07) is 26.0. The molecule has 3 aromatic heterocycles. The monoisotopic (exact) mass is 488 g/mol. The van der Waals surface area contributed by atoms with E-state index in [9.17, 15) is 4.79 Å². The van der Waals surface area contributed by atoms with Crippen molar-refractivity contribution in [1.82, 2.24) is 19.5 Å². The number of anilines is 4. The quantitative estimate of drug-likeness (QED) is 0.277. The van der Waals surface area contributed by atoms with Crippen molar-refractivity contribution in [3.63, 3.8) is 0 Å². The number of benzene rings is 2. The Morgan fingerprint density at radius 1 is 0.811 bits per heavy atom. The number of rotatable bonds is 7. The molecule has 6 rings (SSSR count). The van der Waals surface area contributed by atoms with Gasteiger partial charge in [0.1, 0.15) is 11.5 Å². The van der Waals surface area contributed by atoms with Gasteiger partial charge >= 0.3 is 0 Å². The number of nitrogens with one attached hydrogen (secondary N) is 2. The SMILES string of the molecule is O=c1c(Cc2ccccc2)cc2cnc(Nc3ccc(Nc4ccccc4)cn3)nc2n1C1CCCC1. The van der Waals surface area contributed by atoms with E-state index in [0.29, 0.717) is 23.8 Å². The predicted octanol–water partition coefficient (Wildman–Crippen LogP) is 6.38. The second-order valence-corrected chi connectivity index (χ2v) is 9.47. The summed E-state index contributed by atoms with van der Waals surface area (Å²) in [5, 5.41) is 7.40. The Labute approximate surface area is 215 Å². The number of fused-ring (bicyclic) bond motifs is 1. The van der Waals surface area contributed by atoms with Crippen LogP contribution in [0.4, 0.5) is 23.1 Å². The first-order chi connectivity index (χ1) is 18.2. The third-order valence-corrected chi connectivity index (χ3v) is 6.84. The maximum Gasteiger partial charge on any atom is 0.256 e. The van der Waals surface area contributed by atoms with Crippen LogP contribution in [-0.2, 0) is 6.42 Å². The fourth-order valence-corrected chi connectivity index (χ4v) is 5.03. The average molecular weight is 489 g/mol. The normalized spacial score (nSPS) is 13.6. The summed E-state index contributed by atoms with van der Waals surface area (Å²) in [4.78, 5) is 27.5. The van der Waals surface area contributed by atoms with Crippen molar-refractivity contribution in [3.8, 4) is 0 Å². The lowest BCUT2D eigenvalue weighted by Gasteiger charge is -2.18. The summed E-state index contributed by atoms with van der Waals surface area (Å²) >= 11 is 0. The molecule has 0 bridgehead atoms. The van der Waals surface area contributed by atoms with E-state index in [1.54, 1.807) is 12.4 Å². The van der Waals surface area contributed by atoms with E-state index >= 15 is 0 Å². The van der Waals surface area contributed by atoms with Gasteiger partial charge in [0.2, 0.25) is 5.95 Å². The third kappa shape index (κ3) is 5.07. The van der Waals surface area contributed by atoms with E-state index in [0.717, 1.165) is 53.6 Å². The lowest BCUT2D eigenvalue weighted by atomic mass is 10.0. The van der Waals surface area contributed by atoms with E-state index in [1.165, 1.54) is 0 Å². The fraction of sp³-hybridized carbons (Fsp3) is 0.200. The first kappa shape index (κ1) is 22.9. The van der Waals surface area contributed by atoms with Gasteiger partial charge in [-0.1, -0.05) is 61.4 Å². The molecule has 37 heavy (non-hydrogen) atoms. The molecule has 3 heterocycles. The second-order valence-electron chi connectivity index (χ2n) is 9.47. The van der Waals surface area contributed by atoms with E-state index in [2.05, 4.69) is 32.7 Å². The maximum absolute atomic E-state index is 13.7. The average Bonchev–Trinajstić information content (AvgIpc) is 3.46. The minimum atomic E-state index is 0.0439. The van der Waals surface area contributed by atoms with Gasteiger partial charge in [-0.15, -0.1) is 0 Å². The van der Waals surface area contributed by atoms with Crippen molar-refractivity contribution in [2.75, 3.05) is 10.6 Å². The lowest BCUT2D eigenvalue weighted by Crippen LogP contribution is -2.28. The molecule has 2 aromatic carbocycles. The highest BCUT2D eigenvalue weighted by atomic mass is 16.1. The molecule has 7 nitrogen and oxygen atoms in total. The van der Waals surface area contributed by atoms with Crippen molar-refractivity contribution in [2.45, 2.75) is 38.1 Å². The molecule has 7 heteroatoms. The van der Waals surface area contributed by atoms with Crippen LogP contribution in [0.3, 0.4) is 0 Å². The molecule has 0 radical (unpaired) electrons. The third-order valence-electron chi connectivity index (χ3n) is 6.84. The topological polar surface area (TPSA) is 84.7 Å². The van der Waals surface area contributed by atoms with Crippen molar-refractivity contribution >= 4 is 34.2 Å². The maximum atomic E-state index is 13.7. The minimum absolute atomic E-state index is 0.0439. The molecule has 1 fully saturated rings. The molecular formula is C30H28N6O. The Morgan fingerprint density at radius 3 is 2.30 bits per heavy atom. The highest BCUT2D eigenvalue weighted by Crippen LogP contribution is 2.31. The van der Waals surface area contributed by atoms with Crippen LogP contribution in [0.2, 0.25) is 0 Å². The number of hydrogen-bond donors (Lipinski definition) is 2. The molecule has 1 aliphatic rings. The van der Waals surface area contributed by atoms with Crippen LogP contribution >= 0.6 is 0 Å². The molecule has 1 saturated carbocycles. The Hall–Kier alpha value is -4.52. The fourth-order valence-electron chi connectivity index (χ4n) is 5.03. The predicted molar refractivity (Wildman–Crippen MR) is 148 cm³/mol. The Kier molecular flexibility index (Phi) is 6.33. The number of nitrogens with zero attached hydrogens (tertiary/aromatic N) is 4. The zero-order valence-electron chi connectivity index (χ0n) is 20.5. The van der Waals surface area contributed by atoms with E-state index in [4.69, 9.17) is 4.98 Å². The van der Waals surface area contributed by atoms with Crippen LogP contribution in [0.25, 0.3) is 11.0 Å². The summed E-state index contributed by atoms with van der Waals surface area (Å²) in [6.07, 6.45) is 8.41. The molecule has 0 aliphatic heterocycles. The number of pyridine rings is 2. The lowest BCUT2D eigenvalue weighted by molar-refractivity contribution is 0.513. The smallest absolute Gasteiger partial charge is 0.256 e. The Balaban J connectivity index is 1.30. The molecule has 184 valence electrons. The van der Waals surface area contributed by atoms with Gasteiger partial charge in [-0.3, -0.25) is 9.36 Å². The van der Waals surface area contributed by atoms with Crippen LogP contribution < -0.4 is 16.2 Å². The zero-order valence-corrected chi connectivity index (χ0v) is 20.5. The first-order valence-electron chi connectivity index (χ1n) is 12.7. The van der Waals surface area contributed by atoms with Gasteiger partial charge < -0.3 is 10.6 Å². The van der Waals surface area contributed by atoms with Crippen LogP contribution in [0.1, 0.15) is 42.9 Å². The summed E-state index contributed by atoms with van der Waals surface area (Å²) in [6.45, 7) is 0. The van der Waals surface area contributed by atoms with Crippen molar-refractivity contribution in [1.29, 1.82) is 0 Å². The Morgan fingerprint density at radius 2 is 1.57 bits per heavy atom. The molecule has 1 aliphatic carbocycles. The summed E-state index contributed by atoms with van der Waals surface area (Å²) < 4.78 is 1.91. The van der Waals surface area contributed by atoms with Crippen molar-refractivity contribution in [2.24, 2.45) is 0 Å². The molecule has 0 unspecified atom stereocenters. The molecule has 0 saturated heterocycles. The zero-order chi connectivity index (χ0) is 25.0. The number of hydrogen-bond acceptors (Lipinski definition) is 6. The van der Waals surface area contributed by atoms with Gasteiger partial charge in [0.15, 0.2) is 0 Å². The van der Waals surface area contributed by atoms with E-state index in [1.807, 2.05) is 71.3 Å². The van der Waals surface area contributed by atoms with E-state index < -0.39 is 0 Å². The summed E-state index contributed by atoms with van der Waals surface area (Å²) in [5.41, 5.74) is 4.50. The highest BCUT2D eigenvalue weighted by molar-refractivity contribution is 5.77. The van der Waals surface area contributed by atoms with Gasteiger partial charge in [-0.05, 0) is 48.7 Å². The first-order valence-corrected chi connectivity index (χ1v) is 12.7. The highest BCUT2D eigenvalue weighted by Gasteiger charge is 2.23. The van der Waals surface area contributed by atoms with Gasteiger partial charge in [-0.2, -0.15) is 4.98 Å². The standard InChI is InChI=1S/C30H28N6O/c37-29-22(17-21-9-3-1-4-10-21)18-23-19-32-30(35-28(23)36(29)26-13-7-8-14-26)34-27-16-15-25(20-31-27)33-24-11-5-2-6-12-24/h1-6,9-12,15-16,18-20,26,33H,7-8,13-14,17H2,(H,31,32,34,35). The summed E-state index contributed by atoms with van der Waals surface area (Å²) in [7, 11) is 0. The van der Waals surface area contributed by atoms with Crippen LogP contribution in [0.5, 0.6) is 0 Å². The largest absolute Gasteiger partial charge is 0.354 e. The molecular weight excluding hydrogens is 460 g/mol. The van der Waals surface area contributed by atoms with E-state index in [-0.39, 0.29) is 11.6 Å². The van der Waals surface area contributed by atoms with Crippen LogP contribution in [-0.4, -0.2) is 19.5 Å². The van der Waals surface area contributed by atoms with Gasteiger partial charge in [0.05, 0.1) is 11.9 Å². The number of para-hydroxylation sites is 1. The van der Waals surface area contributed by atoms with Crippen molar-refractivity contribution in [3.05, 3.63) is 113 Å². The van der Waals surface area contributed by atoms with Crippen LogP contribution in [0.15, 0.2) is 96.1 Å². The number of aromatic nitrogens is 4. The second kappa shape index (κ2) is 10.2. The van der Waals surface area contributed by atoms with Gasteiger partial charge in [0.25, 0.3) is 5.56 Å². The molecule has 2 N–H and O–H groups in total. The molecule has 0 atom stereocenters. The van der Waals surface area contributed by atoms with Gasteiger partial charge in [0, 0.05) is 35.3 Å². The summed E-state index contributed by atoms with van der Waals surface area (Å²) in [5.74, 6) is 1.05. The molecule has 0 amide bonds. The van der Waals surface area contributed by atoms with Gasteiger partial charge in [-0.25, -0.2) is 9.97 Å². The Bertz CT molecular complexity index is 1560. The molecule has 5 aromatic rings. The van der Waals surface area contributed by atoms with Crippen molar-refractivity contribution < 1.29 is 0 Å².